The highest BCUT2D eigenvalue weighted by Crippen LogP contribution is 2.29. The molecule has 6 heteroatoms. The largest absolute Gasteiger partial charge is 0.477 e. The SMILES string of the molecule is CC1(C)CCN(C(=O)Nc2ccc(C(=O)O)nc2)C1. The molecule has 0 unspecified atom stereocenters. The summed E-state index contributed by atoms with van der Waals surface area (Å²) >= 11 is 0. The number of carbonyl (C=O) groups excluding carboxylic acids is 1. The summed E-state index contributed by atoms with van der Waals surface area (Å²) in [6.45, 7) is 5.71. The first-order valence-electron chi connectivity index (χ1n) is 6.13. The summed E-state index contributed by atoms with van der Waals surface area (Å²) in [5, 5.41) is 11.4. The van der Waals surface area contributed by atoms with Gasteiger partial charge in [0, 0.05) is 13.1 Å². The molecule has 0 aliphatic carbocycles. The molecule has 1 saturated heterocycles. The Kier molecular flexibility index (Phi) is 3.42. The highest BCUT2D eigenvalue weighted by molar-refractivity contribution is 5.90. The van der Waals surface area contributed by atoms with E-state index in [0.29, 0.717) is 5.69 Å². The lowest BCUT2D eigenvalue weighted by Crippen LogP contribution is -2.34. The van der Waals surface area contributed by atoms with E-state index < -0.39 is 5.97 Å². The van der Waals surface area contributed by atoms with Crippen LogP contribution in [0.2, 0.25) is 0 Å². The number of carboxylic acids is 1. The number of pyridine rings is 1. The van der Waals surface area contributed by atoms with Crippen molar-refractivity contribution in [2.24, 2.45) is 5.41 Å². The number of amides is 2. The molecule has 1 aromatic heterocycles. The van der Waals surface area contributed by atoms with E-state index >= 15 is 0 Å². The molecule has 0 radical (unpaired) electrons. The van der Waals surface area contributed by atoms with Gasteiger partial charge in [-0.3, -0.25) is 0 Å². The van der Waals surface area contributed by atoms with Crippen molar-refractivity contribution in [2.75, 3.05) is 18.4 Å². The highest BCUT2D eigenvalue weighted by atomic mass is 16.4. The van der Waals surface area contributed by atoms with E-state index in [2.05, 4.69) is 24.1 Å². The molecule has 1 aliphatic heterocycles. The van der Waals surface area contributed by atoms with Gasteiger partial charge in [-0.05, 0) is 24.0 Å². The van der Waals surface area contributed by atoms with Gasteiger partial charge in [-0.25, -0.2) is 14.6 Å². The first-order chi connectivity index (χ1) is 8.87. The highest BCUT2D eigenvalue weighted by Gasteiger charge is 2.31. The van der Waals surface area contributed by atoms with Gasteiger partial charge in [0.1, 0.15) is 5.69 Å². The van der Waals surface area contributed by atoms with E-state index in [4.69, 9.17) is 5.11 Å². The molecule has 0 bridgehead atoms. The van der Waals surface area contributed by atoms with Crippen LogP contribution in [0.4, 0.5) is 10.5 Å². The van der Waals surface area contributed by atoms with Gasteiger partial charge >= 0.3 is 12.0 Å². The van der Waals surface area contributed by atoms with Crippen LogP contribution in [0.15, 0.2) is 18.3 Å². The minimum atomic E-state index is -1.08. The Bertz CT molecular complexity index is 496. The van der Waals surface area contributed by atoms with Crippen molar-refractivity contribution in [2.45, 2.75) is 20.3 Å². The Labute approximate surface area is 111 Å². The number of hydrogen-bond acceptors (Lipinski definition) is 3. The summed E-state index contributed by atoms with van der Waals surface area (Å²) in [6, 6.07) is 2.73. The molecule has 19 heavy (non-hydrogen) atoms. The number of urea groups is 1. The number of nitrogens with zero attached hydrogens (tertiary/aromatic N) is 2. The molecule has 102 valence electrons. The Hall–Kier alpha value is -2.11. The van der Waals surface area contributed by atoms with Gasteiger partial charge in [-0.1, -0.05) is 13.8 Å². The molecular formula is C13H17N3O3. The van der Waals surface area contributed by atoms with Gasteiger partial charge in [-0.2, -0.15) is 0 Å². The van der Waals surface area contributed by atoms with E-state index in [0.717, 1.165) is 19.5 Å². The summed E-state index contributed by atoms with van der Waals surface area (Å²) in [6.07, 6.45) is 2.33. The summed E-state index contributed by atoms with van der Waals surface area (Å²) in [5.41, 5.74) is 0.614. The van der Waals surface area contributed by atoms with E-state index in [1.807, 2.05) is 0 Å². The maximum atomic E-state index is 12.0. The smallest absolute Gasteiger partial charge is 0.354 e. The number of aromatic nitrogens is 1. The fourth-order valence-electron chi connectivity index (χ4n) is 2.08. The third kappa shape index (κ3) is 3.21. The average Bonchev–Trinajstić information content (AvgIpc) is 2.70. The van der Waals surface area contributed by atoms with Crippen LogP contribution in [0.5, 0.6) is 0 Å². The Morgan fingerprint density at radius 1 is 1.42 bits per heavy atom. The van der Waals surface area contributed by atoms with Crippen LogP contribution in [0.3, 0.4) is 0 Å². The number of carbonyl (C=O) groups is 2. The molecule has 2 heterocycles. The normalized spacial score (nSPS) is 17.3. The maximum absolute atomic E-state index is 12.0. The third-order valence-electron chi connectivity index (χ3n) is 3.20. The first kappa shape index (κ1) is 13.3. The molecule has 1 aromatic rings. The number of likely N-dealkylation sites (tertiary alicyclic amines) is 1. The summed E-state index contributed by atoms with van der Waals surface area (Å²) in [5.74, 6) is -1.08. The van der Waals surface area contributed by atoms with Crippen molar-refractivity contribution in [3.8, 4) is 0 Å². The Morgan fingerprint density at radius 2 is 2.16 bits per heavy atom. The minimum Gasteiger partial charge on any atom is -0.477 e. The number of carboxylic acid groups (broad SMARTS) is 1. The molecule has 2 rings (SSSR count). The number of nitrogens with one attached hydrogen (secondary N) is 1. The van der Waals surface area contributed by atoms with Crippen molar-refractivity contribution in [3.63, 3.8) is 0 Å². The minimum absolute atomic E-state index is 0.0414. The van der Waals surface area contributed by atoms with Crippen LogP contribution >= 0.6 is 0 Å². The fraction of sp³-hybridized carbons (Fsp3) is 0.462. The molecule has 6 nitrogen and oxygen atoms in total. The van der Waals surface area contributed by atoms with Gasteiger partial charge in [0.15, 0.2) is 0 Å². The van der Waals surface area contributed by atoms with Crippen LogP contribution in [0.1, 0.15) is 30.8 Å². The second-order valence-electron chi connectivity index (χ2n) is 5.50. The average molecular weight is 263 g/mol. The lowest BCUT2D eigenvalue weighted by atomic mass is 9.93. The predicted octanol–water partition coefficient (Wildman–Crippen LogP) is 2.04. The van der Waals surface area contributed by atoms with Crippen LogP contribution in [0.25, 0.3) is 0 Å². The van der Waals surface area contributed by atoms with Crippen LogP contribution < -0.4 is 5.32 Å². The van der Waals surface area contributed by atoms with E-state index in [9.17, 15) is 9.59 Å². The van der Waals surface area contributed by atoms with Gasteiger partial charge in [0.05, 0.1) is 11.9 Å². The zero-order chi connectivity index (χ0) is 14.0. The van der Waals surface area contributed by atoms with Crippen molar-refractivity contribution >= 4 is 17.7 Å². The zero-order valence-electron chi connectivity index (χ0n) is 11.0. The Morgan fingerprint density at radius 3 is 2.63 bits per heavy atom. The second-order valence-corrected chi connectivity index (χ2v) is 5.50. The van der Waals surface area contributed by atoms with Crippen LogP contribution in [-0.2, 0) is 0 Å². The van der Waals surface area contributed by atoms with Crippen molar-refractivity contribution in [1.29, 1.82) is 0 Å². The molecule has 2 N–H and O–H groups in total. The molecule has 1 aliphatic rings. The number of rotatable bonds is 2. The Balaban J connectivity index is 1.98. The standard InChI is InChI=1S/C13H17N3O3/c1-13(2)5-6-16(8-13)12(19)15-9-3-4-10(11(17)18)14-7-9/h3-4,7H,5-6,8H2,1-2H3,(H,15,19)(H,17,18). The zero-order valence-corrected chi connectivity index (χ0v) is 11.0. The van der Waals surface area contributed by atoms with Crippen molar-refractivity contribution < 1.29 is 14.7 Å². The number of hydrogen-bond donors (Lipinski definition) is 2. The second kappa shape index (κ2) is 4.87. The van der Waals surface area contributed by atoms with E-state index in [-0.39, 0.29) is 17.1 Å². The van der Waals surface area contributed by atoms with Gasteiger partial charge in [0.2, 0.25) is 0 Å². The van der Waals surface area contributed by atoms with Crippen molar-refractivity contribution in [1.82, 2.24) is 9.88 Å². The van der Waals surface area contributed by atoms with E-state index in [1.54, 1.807) is 4.90 Å². The summed E-state index contributed by atoms with van der Waals surface area (Å²) < 4.78 is 0. The monoisotopic (exact) mass is 263 g/mol. The topological polar surface area (TPSA) is 82.5 Å². The fourth-order valence-corrected chi connectivity index (χ4v) is 2.08. The molecule has 0 aromatic carbocycles. The van der Waals surface area contributed by atoms with Gasteiger partial charge < -0.3 is 15.3 Å². The molecule has 0 atom stereocenters. The predicted molar refractivity (Wildman–Crippen MR) is 70.2 cm³/mol. The van der Waals surface area contributed by atoms with E-state index in [1.165, 1.54) is 18.3 Å². The summed E-state index contributed by atoms with van der Waals surface area (Å²) in [7, 11) is 0. The first-order valence-corrected chi connectivity index (χ1v) is 6.13. The molecule has 1 fully saturated rings. The third-order valence-corrected chi connectivity index (χ3v) is 3.20. The molecule has 0 spiro atoms. The molecule has 2 amide bonds. The van der Waals surface area contributed by atoms with Crippen LogP contribution in [0, 0.1) is 5.41 Å². The van der Waals surface area contributed by atoms with Crippen LogP contribution in [-0.4, -0.2) is 40.1 Å². The molecule has 0 saturated carbocycles. The quantitative estimate of drug-likeness (QED) is 0.855. The maximum Gasteiger partial charge on any atom is 0.354 e. The lowest BCUT2D eigenvalue weighted by Gasteiger charge is -2.20. The van der Waals surface area contributed by atoms with Crippen molar-refractivity contribution in [3.05, 3.63) is 24.0 Å². The van der Waals surface area contributed by atoms with Gasteiger partial charge in [0.25, 0.3) is 0 Å². The lowest BCUT2D eigenvalue weighted by molar-refractivity contribution is 0.0690. The van der Waals surface area contributed by atoms with Gasteiger partial charge in [-0.15, -0.1) is 0 Å². The number of aromatic carboxylic acids is 1. The summed E-state index contributed by atoms with van der Waals surface area (Å²) in [4.78, 5) is 28.2. The number of anilines is 1. The molecular weight excluding hydrogens is 246 g/mol.